The molecule has 0 unspecified atom stereocenters. The van der Waals surface area contributed by atoms with Crippen molar-refractivity contribution in [3.8, 4) is 16.9 Å². The normalized spacial score (nSPS) is 10.2. The first-order valence-electron chi connectivity index (χ1n) is 5.04. The summed E-state index contributed by atoms with van der Waals surface area (Å²) in [4.78, 5) is 14.1. The van der Waals surface area contributed by atoms with Crippen LogP contribution in [0, 0.1) is 0 Å². The quantitative estimate of drug-likeness (QED) is 0.744. The lowest BCUT2D eigenvalue weighted by Gasteiger charge is -2.04. The molecule has 1 heterocycles. The van der Waals surface area contributed by atoms with E-state index >= 15 is 0 Å². The standard InChI is InChI=1S/C12H13N3O2/c1-17-8-4-2-3-7(5-8)9-6-15-11(13)10(9)12(14)16/h2-6,15H,13H2,1H3,(H2,14,16). The summed E-state index contributed by atoms with van der Waals surface area (Å²) >= 11 is 0. The van der Waals surface area contributed by atoms with Gasteiger partial charge in [-0.05, 0) is 17.7 Å². The molecule has 0 saturated heterocycles. The van der Waals surface area contributed by atoms with Crippen LogP contribution in [0.25, 0.3) is 11.1 Å². The predicted molar refractivity (Wildman–Crippen MR) is 65.7 cm³/mol. The number of hydrogen-bond acceptors (Lipinski definition) is 3. The second kappa shape index (κ2) is 4.21. The number of benzene rings is 1. The van der Waals surface area contributed by atoms with Crippen molar-refractivity contribution in [2.24, 2.45) is 5.73 Å². The molecule has 0 aliphatic carbocycles. The third-order valence-corrected chi connectivity index (χ3v) is 2.54. The predicted octanol–water partition coefficient (Wildman–Crippen LogP) is 1.37. The Morgan fingerprint density at radius 2 is 2.18 bits per heavy atom. The van der Waals surface area contributed by atoms with Gasteiger partial charge in [0, 0.05) is 11.8 Å². The van der Waals surface area contributed by atoms with Crippen molar-refractivity contribution in [3.63, 3.8) is 0 Å². The number of nitrogens with two attached hydrogens (primary N) is 2. The van der Waals surface area contributed by atoms with Crippen LogP contribution in [0.4, 0.5) is 5.82 Å². The van der Waals surface area contributed by atoms with Crippen LogP contribution in [0.5, 0.6) is 5.75 Å². The van der Waals surface area contributed by atoms with E-state index in [0.717, 1.165) is 5.56 Å². The number of ether oxygens (including phenoxy) is 1. The molecule has 1 amide bonds. The smallest absolute Gasteiger partial charge is 0.253 e. The molecule has 2 rings (SSSR count). The lowest BCUT2D eigenvalue weighted by Crippen LogP contribution is -2.13. The minimum absolute atomic E-state index is 0.273. The van der Waals surface area contributed by atoms with E-state index < -0.39 is 5.91 Å². The van der Waals surface area contributed by atoms with E-state index in [1.165, 1.54) is 0 Å². The number of amides is 1. The summed E-state index contributed by atoms with van der Waals surface area (Å²) < 4.78 is 5.13. The number of nitrogen functional groups attached to an aromatic ring is 1. The minimum Gasteiger partial charge on any atom is -0.497 e. The van der Waals surface area contributed by atoms with Crippen LogP contribution in [-0.4, -0.2) is 18.0 Å². The lowest BCUT2D eigenvalue weighted by molar-refractivity contribution is 0.100. The molecule has 0 bridgehead atoms. The van der Waals surface area contributed by atoms with E-state index in [2.05, 4.69) is 4.98 Å². The first-order chi connectivity index (χ1) is 8.13. The molecule has 0 saturated carbocycles. The zero-order valence-corrected chi connectivity index (χ0v) is 9.36. The molecule has 0 aliphatic heterocycles. The number of aromatic nitrogens is 1. The van der Waals surface area contributed by atoms with Crippen molar-refractivity contribution in [1.29, 1.82) is 0 Å². The number of methoxy groups -OCH3 is 1. The summed E-state index contributed by atoms with van der Waals surface area (Å²) in [7, 11) is 1.58. The molecule has 5 nitrogen and oxygen atoms in total. The third kappa shape index (κ3) is 1.94. The fourth-order valence-corrected chi connectivity index (χ4v) is 1.72. The maximum absolute atomic E-state index is 11.3. The average molecular weight is 231 g/mol. The SMILES string of the molecule is COc1cccc(-c2c[nH]c(N)c2C(N)=O)c1. The number of carbonyl (C=O) groups excluding carboxylic acids is 1. The highest BCUT2D eigenvalue weighted by molar-refractivity contribution is 6.04. The van der Waals surface area contributed by atoms with Gasteiger partial charge in [0.2, 0.25) is 0 Å². The Labute approximate surface area is 98.4 Å². The molecule has 0 radical (unpaired) electrons. The molecule has 2 aromatic rings. The van der Waals surface area contributed by atoms with Crippen molar-refractivity contribution in [2.45, 2.75) is 0 Å². The molecule has 0 spiro atoms. The van der Waals surface area contributed by atoms with E-state index in [1.54, 1.807) is 13.3 Å². The molecule has 0 fully saturated rings. The maximum Gasteiger partial charge on any atom is 0.253 e. The van der Waals surface area contributed by atoms with Crippen molar-refractivity contribution >= 4 is 11.7 Å². The van der Waals surface area contributed by atoms with Gasteiger partial charge in [-0.2, -0.15) is 0 Å². The second-order valence-corrected chi connectivity index (χ2v) is 3.59. The summed E-state index contributed by atoms with van der Waals surface area (Å²) in [6, 6.07) is 7.33. The number of primary amides is 1. The number of carbonyl (C=O) groups is 1. The van der Waals surface area contributed by atoms with Crippen molar-refractivity contribution in [3.05, 3.63) is 36.0 Å². The molecule has 0 aliphatic rings. The maximum atomic E-state index is 11.3. The average Bonchev–Trinajstić information content (AvgIpc) is 2.71. The first kappa shape index (κ1) is 11.1. The Balaban J connectivity index is 2.56. The molecular weight excluding hydrogens is 218 g/mol. The Hall–Kier alpha value is -2.43. The van der Waals surface area contributed by atoms with Gasteiger partial charge in [0.15, 0.2) is 0 Å². The molecule has 88 valence electrons. The highest BCUT2D eigenvalue weighted by atomic mass is 16.5. The van der Waals surface area contributed by atoms with Crippen LogP contribution in [-0.2, 0) is 0 Å². The van der Waals surface area contributed by atoms with Crippen LogP contribution in [0.1, 0.15) is 10.4 Å². The summed E-state index contributed by atoms with van der Waals surface area (Å²) in [5, 5.41) is 0. The van der Waals surface area contributed by atoms with E-state index in [0.29, 0.717) is 16.9 Å². The summed E-state index contributed by atoms with van der Waals surface area (Å²) in [5.74, 6) is 0.426. The van der Waals surface area contributed by atoms with E-state index in [9.17, 15) is 4.79 Å². The summed E-state index contributed by atoms with van der Waals surface area (Å²) in [6.07, 6.45) is 1.66. The van der Waals surface area contributed by atoms with Gasteiger partial charge in [-0.15, -0.1) is 0 Å². The van der Waals surface area contributed by atoms with Crippen LogP contribution in [0.3, 0.4) is 0 Å². The number of rotatable bonds is 3. The van der Waals surface area contributed by atoms with Gasteiger partial charge >= 0.3 is 0 Å². The molecule has 1 aromatic carbocycles. The number of anilines is 1. The minimum atomic E-state index is -0.554. The summed E-state index contributed by atoms with van der Waals surface area (Å²) in [5.41, 5.74) is 12.8. The fourth-order valence-electron chi connectivity index (χ4n) is 1.72. The van der Waals surface area contributed by atoms with E-state index in [-0.39, 0.29) is 5.82 Å². The fraction of sp³-hybridized carbons (Fsp3) is 0.0833. The Morgan fingerprint density at radius 3 is 2.82 bits per heavy atom. The van der Waals surface area contributed by atoms with Gasteiger partial charge in [-0.3, -0.25) is 4.79 Å². The van der Waals surface area contributed by atoms with Crippen molar-refractivity contribution in [1.82, 2.24) is 4.98 Å². The van der Waals surface area contributed by atoms with Crippen molar-refractivity contribution in [2.75, 3.05) is 12.8 Å². The van der Waals surface area contributed by atoms with E-state index in [4.69, 9.17) is 16.2 Å². The van der Waals surface area contributed by atoms with Gasteiger partial charge in [-0.25, -0.2) is 0 Å². The summed E-state index contributed by atoms with van der Waals surface area (Å²) in [6.45, 7) is 0. The number of hydrogen-bond donors (Lipinski definition) is 3. The van der Waals surface area contributed by atoms with Crippen LogP contribution < -0.4 is 16.2 Å². The lowest BCUT2D eigenvalue weighted by atomic mass is 10.0. The number of nitrogens with one attached hydrogen (secondary N) is 1. The zero-order chi connectivity index (χ0) is 12.4. The van der Waals surface area contributed by atoms with Gasteiger partial charge in [0.05, 0.1) is 12.7 Å². The molecule has 5 heteroatoms. The second-order valence-electron chi connectivity index (χ2n) is 3.59. The highest BCUT2D eigenvalue weighted by Gasteiger charge is 2.15. The topological polar surface area (TPSA) is 94.1 Å². The largest absolute Gasteiger partial charge is 0.497 e. The molecule has 17 heavy (non-hydrogen) atoms. The number of H-pyrrole nitrogens is 1. The number of aromatic amines is 1. The van der Waals surface area contributed by atoms with Gasteiger partial charge in [0.25, 0.3) is 5.91 Å². The molecule has 5 N–H and O–H groups in total. The Bertz CT molecular complexity index is 561. The highest BCUT2D eigenvalue weighted by Crippen LogP contribution is 2.29. The molecular formula is C12H13N3O2. The molecule has 0 atom stereocenters. The zero-order valence-electron chi connectivity index (χ0n) is 9.36. The van der Waals surface area contributed by atoms with E-state index in [1.807, 2.05) is 24.3 Å². The van der Waals surface area contributed by atoms with Gasteiger partial charge < -0.3 is 21.2 Å². The van der Waals surface area contributed by atoms with Crippen LogP contribution in [0.15, 0.2) is 30.5 Å². The Kier molecular flexibility index (Phi) is 2.74. The monoisotopic (exact) mass is 231 g/mol. The van der Waals surface area contributed by atoms with Crippen molar-refractivity contribution < 1.29 is 9.53 Å². The first-order valence-corrected chi connectivity index (χ1v) is 5.04. The Morgan fingerprint density at radius 1 is 1.41 bits per heavy atom. The van der Waals surface area contributed by atoms with Gasteiger partial charge in [-0.1, -0.05) is 12.1 Å². The van der Waals surface area contributed by atoms with Crippen LogP contribution >= 0.6 is 0 Å². The van der Waals surface area contributed by atoms with Crippen LogP contribution in [0.2, 0.25) is 0 Å². The van der Waals surface area contributed by atoms with Gasteiger partial charge in [0.1, 0.15) is 11.6 Å². The third-order valence-electron chi connectivity index (χ3n) is 2.54. The molecule has 1 aromatic heterocycles.